The Morgan fingerprint density at radius 2 is 1.93 bits per heavy atom. The summed E-state index contributed by atoms with van der Waals surface area (Å²) in [7, 11) is 0. The number of hydrogen-bond donors (Lipinski definition) is 2. The van der Waals surface area contributed by atoms with Crippen LogP contribution in [0.3, 0.4) is 0 Å². The van der Waals surface area contributed by atoms with Gasteiger partial charge in [-0.25, -0.2) is 0 Å². The standard InChI is InChI=1S/C12H26N2O/c1-4-7-8-10(5-2)9-14-12(15)11(13)6-3/h10-11H,4-9,13H2,1-3H3,(H,14,15)/t10?,11-/m1/s1. The summed E-state index contributed by atoms with van der Waals surface area (Å²) in [6.45, 7) is 7.08. The van der Waals surface area contributed by atoms with E-state index in [0.717, 1.165) is 13.0 Å². The Kier molecular flexibility index (Phi) is 8.38. The summed E-state index contributed by atoms with van der Waals surface area (Å²) in [4.78, 5) is 11.4. The summed E-state index contributed by atoms with van der Waals surface area (Å²) in [5.41, 5.74) is 5.63. The predicted octanol–water partition coefficient (Wildman–Crippen LogP) is 2.06. The van der Waals surface area contributed by atoms with Gasteiger partial charge in [-0.15, -0.1) is 0 Å². The minimum atomic E-state index is -0.339. The number of hydrogen-bond acceptors (Lipinski definition) is 2. The number of amides is 1. The summed E-state index contributed by atoms with van der Waals surface area (Å²) in [6, 6.07) is -0.339. The summed E-state index contributed by atoms with van der Waals surface area (Å²) >= 11 is 0. The first-order valence-corrected chi connectivity index (χ1v) is 6.18. The maximum atomic E-state index is 11.4. The average Bonchev–Trinajstić information content (AvgIpc) is 2.27. The van der Waals surface area contributed by atoms with Gasteiger partial charge in [0.2, 0.25) is 5.91 Å². The number of nitrogens with two attached hydrogens (primary N) is 1. The van der Waals surface area contributed by atoms with Gasteiger partial charge in [-0.2, -0.15) is 0 Å². The van der Waals surface area contributed by atoms with Crippen molar-refractivity contribution >= 4 is 5.91 Å². The van der Waals surface area contributed by atoms with Crippen LogP contribution < -0.4 is 11.1 Å². The molecule has 2 atom stereocenters. The number of nitrogens with one attached hydrogen (secondary N) is 1. The van der Waals surface area contributed by atoms with E-state index in [2.05, 4.69) is 19.2 Å². The molecule has 0 aromatic rings. The van der Waals surface area contributed by atoms with E-state index in [4.69, 9.17) is 5.73 Å². The first kappa shape index (κ1) is 14.4. The van der Waals surface area contributed by atoms with Crippen molar-refractivity contribution in [1.82, 2.24) is 5.32 Å². The molecule has 1 amide bonds. The van der Waals surface area contributed by atoms with Gasteiger partial charge in [-0.3, -0.25) is 4.79 Å². The van der Waals surface area contributed by atoms with Crippen molar-refractivity contribution < 1.29 is 4.79 Å². The van der Waals surface area contributed by atoms with Crippen molar-refractivity contribution in [3.63, 3.8) is 0 Å². The van der Waals surface area contributed by atoms with Gasteiger partial charge in [0.15, 0.2) is 0 Å². The van der Waals surface area contributed by atoms with E-state index < -0.39 is 0 Å². The molecule has 0 radical (unpaired) electrons. The molecule has 3 nitrogen and oxygen atoms in total. The van der Waals surface area contributed by atoms with Gasteiger partial charge < -0.3 is 11.1 Å². The van der Waals surface area contributed by atoms with Crippen LogP contribution in [0.4, 0.5) is 0 Å². The highest BCUT2D eigenvalue weighted by Gasteiger charge is 2.12. The van der Waals surface area contributed by atoms with E-state index in [1.54, 1.807) is 0 Å². The minimum Gasteiger partial charge on any atom is -0.354 e. The van der Waals surface area contributed by atoms with Crippen LogP contribution in [-0.4, -0.2) is 18.5 Å². The predicted molar refractivity (Wildman–Crippen MR) is 64.6 cm³/mol. The second-order valence-corrected chi connectivity index (χ2v) is 4.18. The van der Waals surface area contributed by atoms with Crippen LogP contribution in [0.5, 0.6) is 0 Å². The SMILES string of the molecule is CCCCC(CC)CNC(=O)[C@H](N)CC. The van der Waals surface area contributed by atoms with Crippen LogP contribution >= 0.6 is 0 Å². The molecule has 0 fully saturated rings. The van der Waals surface area contributed by atoms with E-state index in [-0.39, 0.29) is 11.9 Å². The largest absolute Gasteiger partial charge is 0.354 e. The van der Waals surface area contributed by atoms with Crippen LogP contribution in [0.1, 0.15) is 52.9 Å². The van der Waals surface area contributed by atoms with Crippen LogP contribution in [0.15, 0.2) is 0 Å². The van der Waals surface area contributed by atoms with Gasteiger partial charge in [-0.1, -0.05) is 40.0 Å². The van der Waals surface area contributed by atoms with Gasteiger partial charge in [0.1, 0.15) is 0 Å². The Morgan fingerprint density at radius 1 is 1.27 bits per heavy atom. The van der Waals surface area contributed by atoms with Crippen molar-refractivity contribution in [2.75, 3.05) is 6.54 Å². The second kappa shape index (κ2) is 8.72. The highest BCUT2D eigenvalue weighted by molar-refractivity contribution is 5.81. The fourth-order valence-electron chi connectivity index (χ4n) is 1.50. The lowest BCUT2D eigenvalue weighted by molar-refractivity contribution is -0.122. The third-order valence-corrected chi connectivity index (χ3v) is 2.88. The molecule has 3 N–H and O–H groups in total. The highest BCUT2D eigenvalue weighted by atomic mass is 16.2. The molecule has 0 heterocycles. The summed E-state index contributed by atoms with van der Waals surface area (Å²) in [5.74, 6) is 0.602. The smallest absolute Gasteiger partial charge is 0.236 e. The maximum absolute atomic E-state index is 11.4. The molecule has 0 saturated carbocycles. The Hall–Kier alpha value is -0.570. The first-order valence-electron chi connectivity index (χ1n) is 6.18. The van der Waals surface area contributed by atoms with E-state index in [9.17, 15) is 4.79 Å². The molecule has 0 aliphatic rings. The van der Waals surface area contributed by atoms with Crippen molar-refractivity contribution in [3.8, 4) is 0 Å². The Balaban J connectivity index is 3.74. The topological polar surface area (TPSA) is 55.1 Å². The van der Waals surface area contributed by atoms with Gasteiger partial charge >= 0.3 is 0 Å². The zero-order valence-electron chi connectivity index (χ0n) is 10.4. The monoisotopic (exact) mass is 214 g/mol. The lowest BCUT2D eigenvalue weighted by Crippen LogP contribution is -2.41. The number of unbranched alkanes of at least 4 members (excludes halogenated alkanes) is 1. The minimum absolute atomic E-state index is 0.00699. The summed E-state index contributed by atoms with van der Waals surface area (Å²) in [5, 5.41) is 2.93. The summed E-state index contributed by atoms with van der Waals surface area (Å²) < 4.78 is 0. The molecule has 90 valence electrons. The molecule has 1 unspecified atom stereocenters. The third-order valence-electron chi connectivity index (χ3n) is 2.88. The van der Waals surface area contributed by atoms with Gasteiger partial charge in [0, 0.05) is 6.54 Å². The Labute approximate surface area is 93.8 Å². The van der Waals surface area contributed by atoms with Crippen LogP contribution in [0.25, 0.3) is 0 Å². The quantitative estimate of drug-likeness (QED) is 0.650. The molecule has 0 aromatic carbocycles. The fourth-order valence-corrected chi connectivity index (χ4v) is 1.50. The normalized spacial score (nSPS) is 14.7. The summed E-state index contributed by atoms with van der Waals surface area (Å²) in [6.07, 6.45) is 5.50. The van der Waals surface area contributed by atoms with Crippen LogP contribution in [-0.2, 0) is 4.79 Å². The molecule has 0 aliphatic heterocycles. The lowest BCUT2D eigenvalue weighted by Gasteiger charge is -2.16. The molecule has 0 rings (SSSR count). The molecule has 3 heteroatoms. The first-order chi connectivity index (χ1) is 7.15. The van der Waals surface area contributed by atoms with E-state index in [0.29, 0.717) is 12.3 Å². The number of carbonyl (C=O) groups excluding carboxylic acids is 1. The molecule has 0 aliphatic carbocycles. The Bertz CT molecular complexity index is 171. The maximum Gasteiger partial charge on any atom is 0.236 e. The fraction of sp³-hybridized carbons (Fsp3) is 0.917. The van der Waals surface area contributed by atoms with E-state index in [1.165, 1.54) is 19.3 Å². The molecule has 0 saturated heterocycles. The molecular formula is C12H26N2O. The zero-order chi connectivity index (χ0) is 11.7. The van der Waals surface area contributed by atoms with Gasteiger partial charge in [0.25, 0.3) is 0 Å². The van der Waals surface area contributed by atoms with E-state index >= 15 is 0 Å². The van der Waals surface area contributed by atoms with Gasteiger partial charge in [-0.05, 0) is 18.8 Å². The second-order valence-electron chi connectivity index (χ2n) is 4.18. The highest BCUT2D eigenvalue weighted by Crippen LogP contribution is 2.11. The van der Waals surface area contributed by atoms with Crippen LogP contribution in [0.2, 0.25) is 0 Å². The molecular weight excluding hydrogens is 188 g/mol. The van der Waals surface area contributed by atoms with Crippen LogP contribution in [0, 0.1) is 5.92 Å². The molecule has 15 heavy (non-hydrogen) atoms. The third kappa shape index (κ3) is 6.50. The van der Waals surface area contributed by atoms with Crippen molar-refractivity contribution in [1.29, 1.82) is 0 Å². The number of carbonyl (C=O) groups is 1. The molecule has 0 aromatic heterocycles. The molecule has 0 bridgehead atoms. The van der Waals surface area contributed by atoms with Crippen molar-refractivity contribution in [2.45, 2.75) is 58.9 Å². The lowest BCUT2D eigenvalue weighted by atomic mass is 9.99. The van der Waals surface area contributed by atoms with E-state index in [1.807, 2.05) is 6.92 Å². The average molecular weight is 214 g/mol. The molecule has 0 spiro atoms. The zero-order valence-corrected chi connectivity index (χ0v) is 10.4. The Morgan fingerprint density at radius 3 is 2.40 bits per heavy atom. The van der Waals surface area contributed by atoms with Crippen molar-refractivity contribution in [2.24, 2.45) is 11.7 Å². The van der Waals surface area contributed by atoms with Crippen molar-refractivity contribution in [3.05, 3.63) is 0 Å². The number of rotatable bonds is 8. The van der Waals surface area contributed by atoms with Gasteiger partial charge in [0.05, 0.1) is 6.04 Å².